The van der Waals surface area contributed by atoms with Gasteiger partial charge >= 0.3 is 0 Å². The van der Waals surface area contributed by atoms with Crippen LogP contribution in [0.3, 0.4) is 0 Å². The maximum atomic E-state index is 6.25. The number of piperazine rings is 1. The Labute approximate surface area is 138 Å². The third kappa shape index (κ3) is 3.61. The second-order valence-corrected chi connectivity index (χ2v) is 6.60. The van der Waals surface area contributed by atoms with Crippen LogP contribution in [0.1, 0.15) is 13.3 Å². The number of nitrogens with two attached hydrogens (primary N) is 1. The quantitative estimate of drug-likeness (QED) is 0.817. The van der Waals surface area contributed by atoms with Gasteiger partial charge in [0.1, 0.15) is 5.82 Å². The topological polar surface area (TPSA) is 45.4 Å². The molecule has 0 aromatic carbocycles. The second-order valence-electron chi connectivity index (χ2n) is 4.81. The molecule has 4 nitrogen and oxygen atoms in total. The maximum Gasteiger partial charge on any atom is 0.147 e. The Bertz CT molecular complexity index is 491. The van der Waals surface area contributed by atoms with Crippen molar-refractivity contribution in [2.75, 3.05) is 31.1 Å². The van der Waals surface area contributed by atoms with Gasteiger partial charge in [-0.1, -0.05) is 30.7 Å². The molecule has 0 radical (unpaired) electrons. The van der Waals surface area contributed by atoms with E-state index in [1.807, 2.05) is 6.07 Å². The van der Waals surface area contributed by atoms with Crippen molar-refractivity contribution < 1.29 is 0 Å². The Morgan fingerprint density at radius 1 is 1.50 bits per heavy atom. The molecular formula is C13H18BrClN4S. The van der Waals surface area contributed by atoms with Crippen LogP contribution in [-0.4, -0.2) is 47.1 Å². The molecule has 2 heterocycles. The third-order valence-corrected chi connectivity index (χ3v) is 4.54. The molecule has 1 unspecified atom stereocenters. The predicted octanol–water partition coefficient (Wildman–Crippen LogP) is 2.68. The van der Waals surface area contributed by atoms with E-state index >= 15 is 0 Å². The standard InChI is InChI=1S/C13H18BrClN4S/c1-2-11(12(16)20)18-3-5-19(6-4-18)13-10(15)7-9(14)8-17-13/h7-8,11H,2-6H2,1H3,(H2,16,20). The first-order valence-electron chi connectivity index (χ1n) is 6.62. The Hall–Kier alpha value is -0.430. The van der Waals surface area contributed by atoms with Gasteiger partial charge in [-0.25, -0.2) is 4.98 Å². The lowest BCUT2D eigenvalue weighted by molar-refractivity contribution is 0.224. The zero-order valence-corrected chi connectivity index (χ0v) is 14.5. The van der Waals surface area contributed by atoms with E-state index in [0.717, 1.165) is 42.9 Å². The number of nitrogens with zero attached hydrogens (tertiary/aromatic N) is 3. The molecule has 7 heteroatoms. The molecule has 0 amide bonds. The van der Waals surface area contributed by atoms with Crippen molar-refractivity contribution >= 4 is 50.6 Å². The van der Waals surface area contributed by atoms with E-state index in [2.05, 4.69) is 37.6 Å². The minimum Gasteiger partial charge on any atom is -0.392 e. The van der Waals surface area contributed by atoms with Crippen molar-refractivity contribution in [3.05, 3.63) is 21.8 Å². The number of hydrogen-bond donors (Lipinski definition) is 1. The van der Waals surface area contributed by atoms with E-state index in [0.29, 0.717) is 10.0 Å². The van der Waals surface area contributed by atoms with Crippen LogP contribution < -0.4 is 10.6 Å². The molecule has 0 bridgehead atoms. The van der Waals surface area contributed by atoms with Crippen LogP contribution in [0.5, 0.6) is 0 Å². The van der Waals surface area contributed by atoms with Crippen molar-refractivity contribution in [3.8, 4) is 0 Å². The van der Waals surface area contributed by atoms with Gasteiger partial charge in [0, 0.05) is 36.8 Å². The first-order valence-corrected chi connectivity index (χ1v) is 8.20. The van der Waals surface area contributed by atoms with Gasteiger partial charge in [-0.05, 0) is 28.4 Å². The average molecular weight is 378 g/mol. The lowest BCUT2D eigenvalue weighted by atomic mass is 10.1. The molecule has 2 N–H and O–H groups in total. The zero-order chi connectivity index (χ0) is 14.7. The predicted molar refractivity (Wildman–Crippen MR) is 91.6 cm³/mol. The Morgan fingerprint density at radius 2 is 2.15 bits per heavy atom. The highest BCUT2D eigenvalue weighted by Crippen LogP contribution is 2.27. The number of rotatable bonds is 4. The zero-order valence-electron chi connectivity index (χ0n) is 11.4. The largest absolute Gasteiger partial charge is 0.392 e. The van der Waals surface area contributed by atoms with Crippen LogP contribution in [0.2, 0.25) is 5.02 Å². The first-order chi connectivity index (χ1) is 9.52. The maximum absolute atomic E-state index is 6.25. The molecule has 1 aliphatic rings. The molecule has 1 aliphatic heterocycles. The van der Waals surface area contributed by atoms with Gasteiger partial charge in [-0.2, -0.15) is 0 Å². The van der Waals surface area contributed by atoms with Gasteiger partial charge in [0.05, 0.1) is 16.1 Å². The summed E-state index contributed by atoms with van der Waals surface area (Å²) in [5, 5.41) is 0.675. The molecule has 1 atom stereocenters. The summed E-state index contributed by atoms with van der Waals surface area (Å²) in [6.07, 6.45) is 2.73. The highest BCUT2D eigenvalue weighted by atomic mass is 79.9. The third-order valence-electron chi connectivity index (χ3n) is 3.56. The molecular weight excluding hydrogens is 360 g/mol. The van der Waals surface area contributed by atoms with Gasteiger partial charge in [-0.15, -0.1) is 0 Å². The Kier molecular flexibility index (Phi) is 5.60. The fraction of sp³-hybridized carbons (Fsp3) is 0.538. The normalized spacial score (nSPS) is 18.1. The van der Waals surface area contributed by atoms with Crippen LogP contribution in [0.15, 0.2) is 16.7 Å². The van der Waals surface area contributed by atoms with E-state index in [4.69, 9.17) is 29.6 Å². The van der Waals surface area contributed by atoms with Crippen LogP contribution in [0.25, 0.3) is 0 Å². The Morgan fingerprint density at radius 3 is 2.65 bits per heavy atom. The van der Waals surface area contributed by atoms with Crippen LogP contribution in [-0.2, 0) is 0 Å². The minimum absolute atomic E-state index is 0.195. The number of anilines is 1. The summed E-state index contributed by atoms with van der Waals surface area (Å²) < 4.78 is 0.893. The van der Waals surface area contributed by atoms with E-state index in [1.54, 1.807) is 6.20 Å². The monoisotopic (exact) mass is 376 g/mol. The highest BCUT2D eigenvalue weighted by Gasteiger charge is 2.25. The number of halogens is 2. The van der Waals surface area contributed by atoms with Gasteiger partial charge in [0.2, 0.25) is 0 Å². The van der Waals surface area contributed by atoms with E-state index in [9.17, 15) is 0 Å². The molecule has 0 aliphatic carbocycles. The molecule has 1 aromatic rings. The number of aromatic nitrogens is 1. The molecule has 1 saturated heterocycles. The fourth-order valence-electron chi connectivity index (χ4n) is 2.52. The number of hydrogen-bond acceptors (Lipinski definition) is 4. The van der Waals surface area contributed by atoms with Crippen molar-refractivity contribution in [2.24, 2.45) is 5.73 Å². The lowest BCUT2D eigenvalue weighted by Gasteiger charge is -2.39. The summed E-state index contributed by atoms with van der Waals surface area (Å²) in [4.78, 5) is 9.53. The van der Waals surface area contributed by atoms with E-state index in [1.165, 1.54) is 0 Å². The van der Waals surface area contributed by atoms with Crippen LogP contribution in [0.4, 0.5) is 5.82 Å². The van der Waals surface area contributed by atoms with Crippen molar-refractivity contribution in [1.29, 1.82) is 0 Å². The highest BCUT2D eigenvalue weighted by molar-refractivity contribution is 9.10. The molecule has 1 aromatic heterocycles. The van der Waals surface area contributed by atoms with Gasteiger partial charge in [-0.3, -0.25) is 4.90 Å². The SMILES string of the molecule is CCC(C(N)=S)N1CCN(c2ncc(Br)cc2Cl)CC1. The second kappa shape index (κ2) is 7.02. The van der Waals surface area contributed by atoms with E-state index in [-0.39, 0.29) is 6.04 Å². The molecule has 1 fully saturated rings. The van der Waals surface area contributed by atoms with Gasteiger partial charge < -0.3 is 10.6 Å². The van der Waals surface area contributed by atoms with Gasteiger partial charge in [0.15, 0.2) is 0 Å². The van der Waals surface area contributed by atoms with Crippen molar-refractivity contribution in [1.82, 2.24) is 9.88 Å². The Balaban J connectivity index is 2.02. The summed E-state index contributed by atoms with van der Waals surface area (Å²) in [6.45, 7) is 5.72. The first kappa shape index (κ1) is 15.9. The summed E-state index contributed by atoms with van der Waals surface area (Å²) in [5.41, 5.74) is 5.80. The summed E-state index contributed by atoms with van der Waals surface area (Å²) >= 11 is 14.8. The smallest absolute Gasteiger partial charge is 0.147 e. The van der Waals surface area contributed by atoms with Crippen LogP contribution in [0, 0.1) is 0 Å². The molecule has 2 rings (SSSR count). The van der Waals surface area contributed by atoms with Crippen molar-refractivity contribution in [3.63, 3.8) is 0 Å². The summed E-state index contributed by atoms with van der Waals surface area (Å²) in [5.74, 6) is 0.845. The fourth-order valence-corrected chi connectivity index (χ4v) is 3.59. The molecule has 110 valence electrons. The number of thiocarbonyl (C=S) groups is 1. The van der Waals surface area contributed by atoms with Crippen LogP contribution >= 0.6 is 39.7 Å². The minimum atomic E-state index is 0.195. The molecule has 20 heavy (non-hydrogen) atoms. The average Bonchev–Trinajstić information content (AvgIpc) is 2.40. The lowest BCUT2D eigenvalue weighted by Crippen LogP contribution is -2.53. The number of pyridine rings is 1. The molecule has 0 spiro atoms. The summed E-state index contributed by atoms with van der Waals surface area (Å²) in [7, 11) is 0. The van der Waals surface area contributed by atoms with Gasteiger partial charge in [0.25, 0.3) is 0 Å². The van der Waals surface area contributed by atoms with E-state index < -0.39 is 0 Å². The van der Waals surface area contributed by atoms with Crippen molar-refractivity contribution in [2.45, 2.75) is 19.4 Å². The summed E-state index contributed by atoms with van der Waals surface area (Å²) in [6, 6.07) is 2.07. The molecule has 0 saturated carbocycles.